The fourth-order valence-corrected chi connectivity index (χ4v) is 4.56. The van der Waals surface area contributed by atoms with Crippen LogP contribution in [-0.4, -0.2) is 59.8 Å². The maximum absolute atomic E-state index is 12.8. The molecule has 0 saturated carbocycles. The van der Waals surface area contributed by atoms with Gasteiger partial charge in [0, 0.05) is 37.9 Å². The van der Waals surface area contributed by atoms with Crippen LogP contribution in [0.2, 0.25) is 0 Å². The van der Waals surface area contributed by atoms with Gasteiger partial charge in [-0.1, -0.05) is 0 Å². The summed E-state index contributed by atoms with van der Waals surface area (Å²) in [6.07, 6.45) is 0. The number of benzene rings is 2. The number of halogens is 1. The summed E-state index contributed by atoms with van der Waals surface area (Å²) in [5, 5.41) is 0. The minimum absolute atomic E-state index is 0. The van der Waals surface area contributed by atoms with E-state index in [1.54, 1.807) is 6.07 Å². The van der Waals surface area contributed by atoms with Gasteiger partial charge in [0.25, 0.3) is 10.0 Å². The Bertz CT molecular complexity index is 976. The molecule has 2 heterocycles. The largest absolute Gasteiger partial charge is 0.486 e. The predicted octanol–water partition coefficient (Wildman–Crippen LogP) is 2.74. The van der Waals surface area contributed by atoms with E-state index >= 15 is 0 Å². The van der Waals surface area contributed by atoms with Gasteiger partial charge in [-0.25, -0.2) is 8.42 Å². The number of nitrogens with one attached hydrogen (secondary N) is 1. The van der Waals surface area contributed by atoms with Crippen LogP contribution in [0.4, 0.5) is 11.4 Å². The average molecular weight is 440 g/mol. The molecule has 1 N–H and O–H groups in total. The monoisotopic (exact) mass is 439 g/mol. The number of nitrogens with zero attached hydrogens (tertiary/aromatic N) is 2. The van der Waals surface area contributed by atoms with Crippen LogP contribution in [0.1, 0.15) is 5.56 Å². The van der Waals surface area contributed by atoms with E-state index < -0.39 is 10.0 Å². The molecule has 0 atom stereocenters. The molecule has 0 spiro atoms. The molecule has 0 amide bonds. The molecule has 0 aromatic heterocycles. The number of likely N-dealkylation sites (N-methyl/N-ethyl adjacent to an activating group) is 1. The first-order valence-corrected chi connectivity index (χ1v) is 10.9. The van der Waals surface area contributed by atoms with Crippen LogP contribution < -0.4 is 19.1 Å². The lowest BCUT2D eigenvalue weighted by molar-refractivity contribution is 0.171. The summed E-state index contributed by atoms with van der Waals surface area (Å²) in [5.41, 5.74) is 2.58. The van der Waals surface area contributed by atoms with E-state index in [1.807, 2.05) is 25.1 Å². The van der Waals surface area contributed by atoms with Crippen LogP contribution >= 0.6 is 12.4 Å². The molecule has 9 heteroatoms. The Morgan fingerprint density at radius 1 is 0.931 bits per heavy atom. The van der Waals surface area contributed by atoms with Crippen LogP contribution in [0.25, 0.3) is 0 Å². The van der Waals surface area contributed by atoms with Gasteiger partial charge in [0.1, 0.15) is 13.2 Å². The molecule has 0 unspecified atom stereocenters. The summed E-state index contributed by atoms with van der Waals surface area (Å²) in [6.45, 7) is 6.79. The zero-order chi connectivity index (χ0) is 19.7. The number of ether oxygens (including phenoxy) is 2. The minimum Gasteiger partial charge on any atom is -0.486 e. The summed E-state index contributed by atoms with van der Waals surface area (Å²) in [6, 6.07) is 10.5. The molecule has 2 aliphatic heterocycles. The summed E-state index contributed by atoms with van der Waals surface area (Å²) in [7, 11) is -1.60. The van der Waals surface area contributed by atoms with Crippen molar-refractivity contribution in [2.75, 3.05) is 56.1 Å². The molecule has 2 aliphatic rings. The van der Waals surface area contributed by atoms with Gasteiger partial charge in [0.15, 0.2) is 11.5 Å². The molecule has 4 rings (SSSR count). The standard InChI is InChI=1S/C20H25N3O4S.ClH/c1-15-13-16(23-9-7-22(2)8-10-23)3-5-18(15)21-28(24,25)17-4-6-19-20(14-17)27-12-11-26-19;/h3-6,13-14,21H,7-12H2,1-2H3;1H. The van der Waals surface area contributed by atoms with Crippen molar-refractivity contribution in [1.29, 1.82) is 0 Å². The van der Waals surface area contributed by atoms with Crippen molar-refractivity contribution in [2.24, 2.45) is 0 Å². The van der Waals surface area contributed by atoms with Gasteiger partial charge in [-0.15, -0.1) is 12.4 Å². The van der Waals surface area contributed by atoms with E-state index in [-0.39, 0.29) is 17.3 Å². The minimum atomic E-state index is -3.72. The number of fused-ring (bicyclic) bond motifs is 1. The first-order valence-electron chi connectivity index (χ1n) is 9.39. The Labute approximate surface area is 178 Å². The zero-order valence-corrected chi connectivity index (χ0v) is 18.2. The lowest BCUT2D eigenvalue weighted by Gasteiger charge is -2.34. The molecular formula is C20H26ClN3O4S. The highest BCUT2D eigenvalue weighted by Gasteiger charge is 2.21. The SMILES string of the molecule is Cc1cc(N2CCN(C)CC2)ccc1NS(=O)(=O)c1ccc2c(c1)OCCO2.Cl. The predicted molar refractivity (Wildman–Crippen MR) is 116 cm³/mol. The van der Waals surface area contributed by atoms with Gasteiger partial charge in [0.05, 0.1) is 10.6 Å². The molecule has 1 fully saturated rings. The number of piperazine rings is 1. The Hall–Kier alpha value is -2.16. The number of hydrogen-bond acceptors (Lipinski definition) is 6. The van der Waals surface area contributed by atoms with Crippen molar-refractivity contribution < 1.29 is 17.9 Å². The average Bonchev–Trinajstić information content (AvgIpc) is 2.69. The van der Waals surface area contributed by atoms with Crippen LogP contribution in [0.15, 0.2) is 41.3 Å². The third-order valence-corrected chi connectivity index (χ3v) is 6.51. The van der Waals surface area contributed by atoms with E-state index in [4.69, 9.17) is 9.47 Å². The van der Waals surface area contributed by atoms with Crippen LogP contribution in [0.5, 0.6) is 11.5 Å². The van der Waals surface area contributed by atoms with E-state index in [2.05, 4.69) is 21.6 Å². The number of anilines is 2. The summed E-state index contributed by atoms with van der Waals surface area (Å²) < 4.78 is 39.3. The molecule has 0 aliphatic carbocycles. The Morgan fingerprint density at radius 2 is 1.62 bits per heavy atom. The quantitative estimate of drug-likeness (QED) is 0.789. The Morgan fingerprint density at radius 3 is 2.31 bits per heavy atom. The number of aryl methyl sites for hydroxylation is 1. The third-order valence-electron chi connectivity index (χ3n) is 5.15. The summed E-state index contributed by atoms with van der Waals surface area (Å²) >= 11 is 0. The molecule has 1 saturated heterocycles. The van der Waals surface area contributed by atoms with Gasteiger partial charge in [-0.2, -0.15) is 0 Å². The highest BCUT2D eigenvalue weighted by molar-refractivity contribution is 7.92. The maximum Gasteiger partial charge on any atom is 0.262 e. The van der Waals surface area contributed by atoms with E-state index in [0.717, 1.165) is 37.4 Å². The van der Waals surface area contributed by atoms with Crippen molar-refractivity contribution in [3.63, 3.8) is 0 Å². The smallest absolute Gasteiger partial charge is 0.262 e. The molecule has 7 nitrogen and oxygen atoms in total. The first-order chi connectivity index (χ1) is 13.4. The lowest BCUT2D eigenvalue weighted by atomic mass is 10.1. The number of rotatable bonds is 4. The second kappa shape index (κ2) is 8.69. The van der Waals surface area contributed by atoms with Gasteiger partial charge in [-0.3, -0.25) is 4.72 Å². The van der Waals surface area contributed by atoms with Crippen molar-refractivity contribution in [2.45, 2.75) is 11.8 Å². The van der Waals surface area contributed by atoms with Gasteiger partial charge in [0.2, 0.25) is 0 Å². The number of hydrogen-bond donors (Lipinski definition) is 1. The molecular weight excluding hydrogens is 414 g/mol. The Kier molecular flexibility index (Phi) is 6.45. The summed E-state index contributed by atoms with van der Waals surface area (Å²) in [4.78, 5) is 4.78. The number of sulfonamides is 1. The highest BCUT2D eigenvalue weighted by Crippen LogP contribution is 2.33. The fraction of sp³-hybridized carbons (Fsp3) is 0.400. The van der Waals surface area contributed by atoms with E-state index in [1.165, 1.54) is 12.1 Å². The van der Waals surface area contributed by atoms with E-state index in [9.17, 15) is 8.42 Å². The Balaban J connectivity index is 0.00000240. The summed E-state index contributed by atoms with van der Waals surface area (Å²) in [5.74, 6) is 1.02. The second-order valence-electron chi connectivity index (χ2n) is 7.20. The molecule has 2 aromatic carbocycles. The van der Waals surface area contributed by atoms with Crippen LogP contribution in [0.3, 0.4) is 0 Å². The van der Waals surface area contributed by atoms with Crippen LogP contribution in [-0.2, 0) is 10.0 Å². The first kappa shape index (κ1) is 21.5. The molecule has 0 radical (unpaired) electrons. The second-order valence-corrected chi connectivity index (χ2v) is 8.88. The van der Waals surface area contributed by atoms with Crippen LogP contribution in [0, 0.1) is 6.92 Å². The van der Waals surface area contributed by atoms with Gasteiger partial charge < -0.3 is 19.3 Å². The molecule has 0 bridgehead atoms. The zero-order valence-electron chi connectivity index (χ0n) is 16.6. The van der Waals surface area contributed by atoms with Gasteiger partial charge in [-0.05, 0) is 49.9 Å². The highest BCUT2D eigenvalue weighted by atomic mass is 35.5. The van der Waals surface area contributed by atoms with Crippen molar-refractivity contribution in [3.8, 4) is 11.5 Å². The van der Waals surface area contributed by atoms with E-state index in [0.29, 0.717) is 30.4 Å². The molecule has 2 aromatic rings. The van der Waals surface area contributed by atoms with Crippen molar-refractivity contribution in [1.82, 2.24) is 4.90 Å². The van der Waals surface area contributed by atoms with Gasteiger partial charge >= 0.3 is 0 Å². The fourth-order valence-electron chi connectivity index (χ4n) is 3.42. The molecule has 158 valence electrons. The third kappa shape index (κ3) is 4.71. The normalized spacial score (nSPS) is 16.8. The maximum atomic E-state index is 12.8. The van der Waals surface area contributed by atoms with Crippen molar-refractivity contribution in [3.05, 3.63) is 42.0 Å². The molecule has 29 heavy (non-hydrogen) atoms. The van der Waals surface area contributed by atoms with Crippen molar-refractivity contribution >= 4 is 33.8 Å². The lowest BCUT2D eigenvalue weighted by Crippen LogP contribution is -2.44. The topological polar surface area (TPSA) is 71.1 Å².